The number of nitrogens with one attached hydrogen (secondary N) is 1. The Bertz CT molecular complexity index is 972. The molecule has 5 nitrogen and oxygen atoms in total. The highest BCUT2D eigenvalue weighted by molar-refractivity contribution is 7.99. The number of fused-ring (bicyclic) bond motifs is 2. The van der Waals surface area contributed by atoms with Crippen molar-refractivity contribution in [1.29, 1.82) is 0 Å². The molecule has 1 unspecified atom stereocenters. The number of carbonyl (C=O) groups excluding carboxylic acids is 1. The molecule has 0 fully saturated rings. The highest BCUT2D eigenvalue weighted by Gasteiger charge is 2.29. The van der Waals surface area contributed by atoms with Gasteiger partial charge in [0.25, 0.3) is 0 Å². The maximum atomic E-state index is 13.1. The van der Waals surface area contributed by atoms with Gasteiger partial charge in [0, 0.05) is 29.7 Å². The van der Waals surface area contributed by atoms with Gasteiger partial charge in [0.15, 0.2) is 0 Å². The first-order valence-electron chi connectivity index (χ1n) is 8.60. The quantitative estimate of drug-likeness (QED) is 0.858. The monoisotopic (exact) mass is 388 g/mol. The van der Waals surface area contributed by atoms with Crippen LogP contribution in [0.25, 0.3) is 0 Å². The number of anilines is 1. The van der Waals surface area contributed by atoms with Crippen molar-refractivity contribution in [2.24, 2.45) is 5.92 Å². The summed E-state index contributed by atoms with van der Waals surface area (Å²) in [4.78, 5) is 13.2. The number of nitrogens with zero attached hydrogens (tertiary/aromatic N) is 1. The molecule has 2 aromatic carbocycles. The first kappa shape index (κ1) is 17.6. The lowest BCUT2D eigenvalue weighted by Crippen LogP contribution is -2.36. The number of hydrogen-bond acceptors (Lipinski definition) is 4. The predicted molar refractivity (Wildman–Crippen MR) is 103 cm³/mol. The summed E-state index contributed by atoms with van der Waals surface area (Å²) in [5.41, 5.74) is 2.84. The molecule has 26 heavy (non-hydrogen) atoms. The summed E-state index contributed by atoms with van der Waals surface area (Å²) < 4.78 is 27.8. The molecule has 0 radical (unpaired) electrons. The van der Waals surface area contributed by atoms with E-state index in [1.807, 2.05) is 25.1 Å². The minimum absolute atomic E-state index is 0.0716. The predicted octanol–water partition coefficient (Wildman–Crippen LogP) is 3.11. The fourth-order valence-corrected chi connectivity index (χ4v) is 5.72. The molecule has 0 saturated carbocycles. The SMILES string of the molecule is CC1CSc2ccc(S(=O)(=O)N3CCc4ccccc4C3)cc2NC1=O. The lowest BCUT2D eigenvalue weighted by molar-refractivity contribution is -0.118. The largest absolute Gasteiger partial charge is 0.325 e. The van der Waals surface area contributed by atoms with E-state index in [-0.39, 0.29) is 16.7 Å². The van der Waals surface area contributed by atoms with E-state index in [0.717, 1.165) is 10.5 Å². The van der Waals surface area contributed by atoms with E-state index in [2.05, 4.69) is 11.4 Å². The Morgan fingerprint density at radius 1 is 1.15 bits per heavy atom. The summed E-state index contributed by atoms with van der Waals surface area (Å²) >= 11 is 1.58. The van der Waals surface area contributed by atoms with Crippen molar-refractivity contribution in [2.75, 3.05) is 17.6 Å². The molecule has 0 bridgehead atoms. The third kappa shape index (κ3) is 3.15. The topological polar surface area (TPSA) is 66.5 Å². The van der Waals surface area contributed by atoms with E-state index in [9.17, 15) is 13.2 Å². The van der Waals surface area contributed by atoms with Gasteiger partial charge < -0.3 is 5.32 Å². The molecule has 0 spiro atoms. The van der Waals surface area contributed by atoms with Gasteiger partial charge in [0.2, 0.25) is 15.9 Å². The molecule has 2 heterocycles. The molecule has 2 aliphatic heterocycles. The maximum Gasteiger partial charge on any atom is 0.243 e. The summed E-state index contributed by atoms with van der Waals surface area (Å²) in [5.74, 6) is 0.511. The first-order valence-corrected chi connectivity index (χ1v) is 11.0. The van der Waals surface area contributed by atoms with E-state index < -0.39 is 10.0 Å². The van der Waals surface area contributed by atoms with Gasteiger partial charge in [0.1, 0.15) is 0 Å². The second kappa shape index (κ2) is 6.72. The summed E-state index contributed by atoms with van der Waals surface area (Å²) in [6.07, 6.45) is 0.713. The third-order valence-corrected chi connectivity index (χ3v) is 8.05. The molecule has 4 rings (SSSR count). The summed E-state index contributed by atoms with van der Waals surface area (Å²) in [5, 5.41) is 2.86. The Hall–Kier alpha value is -1.83. The maximum absolute atomic E-state index is 13.1. The Labute approximate surface area is 157 Å². The van der Waals surface area contributed by atoms with Crippen LogP contribution in [0.3, 0.4) is 0 Å². The molecule has 1 amide bonds. The van der Waals surface area contributed by atoms with Crippen molar-refractivity contribution in [2.45, 2.75) is 29.7 Å². The third-order valence-electron chi connectivity index (χ3n) is 4.88. The summed E-state index contributed by atoms with van der Waals surface area (Å²) in [7, 11) is -3.61. The normalized spacial score (nSPS) is 20.7. The van der Waals surface area contributed by atoms with E-state index in [4.69, 9.17) is 0 Å². The van der Waals surface area contributed by atoms with E-state index in [0.29, 0.717) is 31.0 Å². The number of carbonyl (C=O) groups is 1. The van der Waals surface area contributed by atoms with Crippen molar-refractivity contribution < 1.29 is 13.2 Å². The molecule has 7 heteroatoms. The molecule has 2 aliphatic rings. The molecule has 0 saturated heterocycles. The first-order chi connectivity index (χ1) is 12.4. The molecule has 0 aromatic heterocycles. The lowest BCUT2D eigenvalue weighted by atomic mass is 10.0. The highest BCUT2D eigenvalue weighted by Crippen LogP contribution is 2.35. The van der Waals surface area contributed by atoms with Gasteiger partial charge in [-0.25, -0.2) is 8.42 Å². The van der Waals surface area contributed by atoms with Crippen molar-refractivity contribution in [1.82, 2.24) is 4.31 Å². The van der Waals surface area contributed by atoms with Crippen molar-refractivity contribution in [3.05, 3.63) is 53.6 Å². The number of benzene rings is 2. The zero-order chi connectivity index (χ0) is 18.3. The van der Waals surface area contributed by atoms with Crippen LogP contribution in [-0.2, 0) is 27.8 Å². The molecular formula is C19H20N2O3S2. The standard InChI is InChI=1S/C19H20N2O3S2/c1-13-12-25-18-7-6-16(10-17(18)20-19(13)22)26(23,24)21-9-8-14-4-2-3-5-15(14)11-21/h2-7,10,13H,8-9,11-12H2,1H3,(H,20,22). The lowest BCUT2D eigenvalue weighted by Gasteiger charge is -2.28. The van der Waals surface area contributed by atoms with Gasteiger partial charge in [-0.1, -0.05) is 31.2 Å². The van der Waals surface area contributed by atoms with Crippen LogP contribution in [0.15, 0.2) is 52.3 Å². The van der Waals surface area contributed by atoms with Crippen LogP contribution in [0.1, 0.15) is 18.1 Å². The Balaban J connectivity index is 1.65. The molecule has 1 N–H and O–H groups in total. The second-order valence-corrected chi connectivity index (χ2v) is 9.72. The van der Waals surface area contributed by atoms with Gasteiger partial charge in [-0.05, 0) is 35.7 Å². The van der Waals surface area contributed by atoms with Crippen LogP contribution in [0.5, 0.6) is 0 Å². The summed E-state index contributed by atoms with van der Waals surface area (Å²) in [6, 6.07) is 13.0. The molecule has 136 valence electrons. The van der Waals surface area contributed by atoms with Gasteiger partial charge in [-0.3, -0.25) is 4.79 Å². The van der Waals surface area contributed by atoms with Crippen LogP contribution < -0.4 is 5.32 Å². The fourth-order valence-electron chi connectivity index (χ4n) is 3.26. The zero-order valence-electron chi connectivity index (χ0n) is 14.4. The van der Waals surface area contributed by atoms with Crippen LogP contribution in [0.2, 0.25) is 0 Å². The van der Waals surface area contributed by atoms with E-state index in [1.165, 1.54) is 9.87 Å². The van der Waals surface area contributed by atoms with E-state index in [1.54, 1.807) is 30.0 Å². The average molecular weight is 389 g/mol. The average Bonchev–Trinajstić information content (AvgIpc) is 2.79. The minimum atomic E-state index is -3.61. The molecule has 2 aromatic rings. The van der Waals surface area contributed by atoms with Crippen molar-refractivity contribution >= 4 is 33.4 Å². The van der Waals surface area contributed by atoms with Crippen molar-refractivity contribution in [3.8, 4) is 0 Å². The van der Waals surface area contributed by atoms with Crippen LogP contribution in [0.4, 0.5) is 5.69 Å². The number of amides is 1. The molecule has 0 aliphatic carbocycles. The number of sulfonamides is 1. The van der Waals surface area contributed by atoms with Crippen LogP contribution >= 0.6 is 11.8 Å². The Morgan fingerprint density at radius 2 is 1.92 bits per heavy atom. The van der Waals surface area contributed by atoms with Gasteiger partial charge in [-0.15, -0.1) is 11.8 Å². The van der Waals surface area contributed by atoms with E-state index >= 15 is 0 Å². The Kier molecular flexibility index (Phi) is 4.54. The number of hydrogen-bond donors (Lipinski definition) is 1. The Morgan fingerprint density at radius 3 is 2.73 bits per heavy atom. The minimum Gasteiger partial charge on any atom is -0.325 e. The second-order valence-electron chi connectivity index (χ2n) is 6.72. The van der Waals surface area contributed by atoms with Gasteiger partial charge in [0.05, 0.1) is 10.6 Å². The zero-order valence-corrected chi connectivity index (χ0v) is 16.1. The molecule has 1 atom stereocenters. The van der Waals surface area contributed by atoms with Crippen LogP contribution in [-0.4, -0.2) is 30.9 Å². The number of thioether (sulfide) groups is 1. The highest BCUT2D eigenvalue weighted by atomic mass is 32.2. The molecular weight excluding hydrogens is 368 g/mol. The summed E-state index contributed by atoms with van der Waals surface area (Å²) in [6.45, 7) is 2.72. The van der Waals surface area contributed by atoms with Crippen LogP contribution in [0, 0.1) is 5.92 Å². The van der Waals surface area contributed by atoms with Gasteiger partial charge in [-0.2, -0.15) is 4.31 Å². The smallest absolute Gasteiger partial charge is 0.243 e. The number of rotatable bonds is 2. The van der Waals surface area contributed by atoms with Crippen molar-refractivity contribution in [3.63, 3.8) is 0 Å². The fraction of sp³-hybridized carbons (Fsp3) is 0.316. The van der Waals surface area contributed by atoms with Gasteiger partial charge >= 0.3 is 0 Å².